The zero-order chi connectivity index (χ0) is 16.4. The molecule has 1 N–H and O–H groups in total. The Morgan fingerprint density at radius 1 is 1.13 bits per heavy atom. The quantitative estimate of drug-likeness (QED) is 0.532. The number of Topliss-reactive ketones (excluding diaryl/α,β-unsaturated/α-hetero) is 1. The zero-order valence-electron chi connectivity index (χ0n) is 11.8. The van der Waals surface area contributed by atoms with Crippen LogP contribution >= 0.6 is 0 Å². The highest BCUT2D eigenvalue weighted by molar-refractivity contribution is 6.46. The van der Waals surface area contributed by atoms with Crippen LogP contribution in [0.3, 0.4) is 0 Å². The summed E-state index contributed by atoms with van der Waals surface area (Å²) in [5, 5.41) is 11.2. The molecule has 1 amide bonds. The number of nitrogens with zero attached hydrogens (tertiary/aromatic N) is 1. The fourth-order valence-electron chi connectivity index (χ4n) is 2.23. The van der Waals surface area contributed by atoms with Gasteiger partial charge >= 0.3 is 5.97 Å². The number of hydrogen-bond donors (Lipinski definition) is 1. The highest BCUT2D eigenvalue weighted by Crippen LogP contribution is 2.23. The molecule has 6 nitrogen and oxygen atoms in total. The Morgan fingerprint density at radius 2 is 1.87 bits per heavy atom. The summed E-state index contributed by atoms with van der Waals surface area (Å²) in [6.45, 7) is 0.154. The van der Waals surface area contributed by atoms with E-state index in [1.165, 1.54) is 30.3 Å². The van der Waals surface area contributed by atoms with E-state index in [2.05, 4.69) is 5.32 Å². The van der Waals surface area contributed by atoms with Gasteiger partial charge in [-0.1, -0.05) is 0 Å². The normalized spacial score (nSPS) is 12.0. The molecule has 6 heteroatoms. The van der Waals surface area contributed by atoms with Gasteiger partial charge in [0.15, 0.2) is 0 Å². The number of ketones is 1. The van der Waals surface area contributed by atoms with Crippen molar-refractivity contribution in [2.75, 3.05) is 5.32 Å². The van der Waals surface area contributed by atoms with Crippen LogP contribution in [0.5, 0.6) is 0 Å². The van der Waals surface area contributed by atoms with E-state index in [1.807, 2.05) is 6.07 Å². The molecule has 0 bridgehead atoms. The summed E-state index contributed by atoms with van der Waals surface area (Å²) in [5.74, 6) is -1.89. The van der Waals surface area contributed by atoms with E-state index in [-0.39, 0.29) is 12.2 Å². The minimum Gasteiger partial charge on any atom is -0.457 e. The van der Waals surface area contributed by atoms with E-state index in [9.17, 15) is 14.4 Å². The van der Waals surface area contributed by atoms with Gasteiger partial charge in [0.2, 0.25) is 0 Å². The second-order valence-corrected chi connectivity index (χ2v) is 4.92. The summed E-state index contributed by atoms with van der Waals surface area (Å²) in [4.78, 5) is 35.4. The number of rotatable bonds is 3. The van der Waals surface area contributed by atoms with Crippen LogP contribution in [0.15, 0.2) is 42.5 Å². The molecule has 0 aliphatic carbocycles. The molecule has 1 aliphatic rings. The molecule has 23 heavy (non-hydrogen) atoms. The number of benzene rings is 2. The van der Waals surface area contributed by atoms with Crippen molar-refractivity contribution in [1.29, 1.82) is 5.26 Å². The van der Waals surface area contributed by atoms with Gasteiger partial charge in [0.05, 0.1) is 17.2 Å². The number of esters is 1. The molecule has 0 saturated heterocycles. The van der Waals surface area contributed by atoms with Crippen molar-refractivity contribution in [2.45, 2.75) is 6.61 Å². The highest BCUT2D eigenvalue weighted by atomic mass is 16.5. The molecule has 3 rings (SSSR count). The number of carbonyl (C=O) groups is 3. The third kappa shape index (κ3) is 2.80. The zero-order valence-corrected chi connectivity index (χ0v) is 11.8. The van der Waals surface area contributed by atoms with Crippen LogP contribution in [0.25, 0.3) is 0 Å². The summed E-state index contributed by atoms with van der Waals surface area (Å²) in [7, 11) is 0. The second kappa shape index (κ2) is 5.73. The van der Waals surface area contributed by atoms with Crippen molar-refractivity contribution in [1.82, 2.24) is 0 Å². The monoisotopic (exact) mass is 306 g/mol. The topological polar surface area (TPSA) is 96.3 Å². The predicted molar refractivity (Wildman–Crippen MR) is 79.7 cm³/mol. The number of ether oxygens (including phenoxy) is 1. The molecule has 0 saturated carbocycles. The van der Waals surface area contributed by atoms with Gasteiger partial charge in [0.1, 0.15) is 6.61 Å². The number of nitrogens with one attached hydrogen (secondary N) is 1. The van der Waals surface area contributed by atoms with Gasteiger partial charge in [-0.05, 0) is 42.5 Å². The van der Waals surface area contributed by atoms with Crippen molar-refractivity contribution in [2.24, 2.45) is 0 Å². The summed E-state index contributed by atoms with van der Waals surface area (Å²) in [6.07, 6.45) is 0. The summed E-state index contributed by atoms with van der Waals surface area (Å²) in [6, 6.07) is 12.4. The number of anilines is 1. The van der Waals surface area contributed by atoms with Crippen molar-refractivity contribution >= 4 is 23.3 Å². The van der Waals surface area contributed by atoms with Crippen LogP contribution in [0.1, 0.15) is 31.8 Å². The Hall–Kier alpha value is -3.46. The Bertz CT molecular complexity index is 863. The van der Waals surface area contributed by atoms with Gasteiger partial charge < -0.3 is 10.1 Å². The molecular formula is C17H10N2O4. The van der Waals surface area contributed by atoms with Crippen LogP contribution in [0.2, 0.25) is 0 Å². The van der Waals surface area contributed by atoms with Gasteiger partial charge in [-0.2, -0.15) is 5.26 Å². The second-order valence-electron chi connectivity index (χ2n) is 4.92. The van der Waals surface area contributed by atoms with Crippen molar-refractivity contribution in [3.05, 3.63) is 64.7 Å². The number of cyclic esters (lactones) is 1. The Kier molecular flexibility index (Phi) is 3.61. The summed E-state index contributed by atoms with van der Waals surface area (Å²) >= 11 is 0. The van der Waals surface area contributed by atoms with E-state index in [4.69, 9.17) is 10.00 Å². The van der Waals surface area contributed by atoms with E-state index in [0.717, 1.165) is 0 Å². The highest BCUT2D eigenvalue weighted by Gasteiger charge is 2.22. The number of carbonyl (C=O) groups excluding carboxylic acids is 3. The lowest BCUT2D eigenvalue weighted by Gasteiger charge is -2.05. The number of nitriles is 1. The molecule has 0 unspecified atom stereocenters. The average Bonchev–Trinajstić information content (AvgIpc) is 2.95. The van der Waals surface area contributed by atoms with Gasteiger partial charge in [-0.25, -0.2) is 4.79 Å². The van der Waals surface area contributed by atoms with Crippen molar-refractivity contribution in [3.63, 3.8) is 0 Å². The molecular weight excluding hydrogens is 296 g/mol. The summed E-state index contributed by atoms with van der Waals surface area (Å²) in [5.41, 5.74) is 2.14. The van der Waals surface area contributed by atoms with Gasteiger partial charge in [-0.3, -0.25) is 9.59 Å². The maximum Gasteiger partial charge on any atom is 0.338 e. The largest absolute Gasteiger partial charge is 0.457 e. The predicted octanol–water partition coefficient (Wildman–Crippen LogP) is 2.05. The average molecular weight is 306 g/mol. The molecule has 1 heterocycles. The van der Waals surface area contributed by atoms with Gasteiger partial charge in [0.25, 0.3) is 11.7 Å². The van der Waals surface area contributed by atoms with Gasteiger partial charge in [-0.15, -0.1) is 0 Å². The minimum atomic E-state index is -0.792. The third-order valence-electron chi connectivity index (χ3n) is 3.42. The Balaban J connectivity index is 1.75. The van der Waals surface area contributed by atoms with E-state index in [0.29, 0.717) is 22.4 Å². The smallest absolute Gasteiger partial charge is 0.338 e. The minimum absolute atomic E-state index is 0.154. The van der Waals surface area contributed by atoms with Crippen molar-refractivity contribution < 1.29 is 19.1 Å². The fraction of sp³-hybridized carbons (Fsp3) is 0.0588. The first kappa shape index (κ1) is 14.5. The lowest BCUT2D eigenvalue weighted by Crippen LogP contribution is -2.22. The van der Waals surface area contributed by atoms with E-state index < -0.39 is 17.7 Å². The van der Waals surface area contributed by atoms with E-state index in [1.54, 1.807) is 12.1 Å². The molecule has 0 spiro atoms. The lowest BCUT2D eigenvalue weighted by atomic mass is 10.1. The molecule has 0 radical (unpaired) electrons. The number of amides is 1. The van der Waals surface area contributed by atoms with Gasteiger partial charge in [0, 0.05) is 16.8 Å². The number of hydrogen-bond acceptors (Lipinski definition) is 5. The molecule has 2 aromatic carbocycles. The van der Waals surface area contributed by atoms with Crippen molar-refractivity contribution in [3.8, 4) is 6.07 Å². The standard InChI is InChI=1S/C17H10N2O4/c18-8-10-1-3-11(4-2-10)15(20)16(21)19-13-5-6-14-12(7-13)9-23-17(14)22/h1-7H,9H2,(H,19,21). The molecule has 112 valence electrons. The van der Waals surface area contributed by atoms with Crippen LogP contribution in [0, 0.1) is 11.3 Å². The molecule has 1 aliphatic heterocycles. The summed E-state index contributed by atoms with van der Waals surface area (Å²) < 4.78 is 4.88. The van der Waals surface area contributed by atoms with E-state index >= 15 is 0 Å². The third-order valence-corrected chi connectivity index (χ3v) is 3.42. The Labute approximate surface area is 131 Å². The van der Waals surface area contributed by atoms with Crippen LogP contribution in [-0.4, -0.2) is 17.7 Å². The van der Waals surface area contributed by atoms with Crippen LogP contribution < -0.4 is 5.32 Å². The Morgan fingerprint density at radius 3 is 2.57 bits per heavy atom. The molecule has 0 atom stereocenters. The SMILES string of the molecule is N#Cc1ccc(C(=O)C(=O)Nc2ccc3c(c2)COC3=O)cc1. The molecule has 0 fully saturated rings. The molecule has 0 aromatic heterocycles. The van der Waals surface area contributed by atoms with Crippen LogP contribution in [0.4, 0.5) is 5.69 Å². The first-order valence-electron chi connectivity index (χ1n) is 6.74. The maximum atomic E-state index is 12.1. The number of fused-ring (bicyclic) bond motifs is 1. The molecule has 2 aromatic rings. The lowest BCUT2D eigenvalue weighted by molar-refractivity contribution is -0.112. The first-order valence-corrected chi connectivity index (χ1v) is 6.74. The maximum absolute atomic E-state index is 12.1. The van der Waals surface area contributed by atoms with Crippen LogP contribution in [-0.2, 0) is 16.1 Å². The first-order chi connectivity index (χ1) is 11.1. The fourth-order valence-corrected chi connectivity index (χ4v) is 2.23.